The lowest BCUT2D eigenvalue weighted by Crippen LogP contribution is -2.51. The van der Waals surface area contributed by atoms with Gasteiger partial charge in [0.15, 0.2) is 0 Å². The van der Waals surface area contributed by atoms with Gasteiger partial charge < -0.3 is 9.84 Å². The minimum absolute atomic E-state index is 0.101. The third-order valence-electron chi connectivity index (χ3n) is 5.91. The van der Waals surface area contributed by atoms with Gasteiger partial charge in [0.25, 0.3) is 0 Å². The van der Waals surface area contributed by atoms with Crippen LogP contribution in [-0.2, 0) is 4.74 Å². The minimum atomic E-state index is -0.492. The molecule has 2 aliphatic heterocycles. The van der Waals surface area contributed by atoms with Crippen LogP contribution < -0.4 is 0 Å². The summed E-state index contributed by atoms with van der Waals surface area (Å²) in [5.41, 5.74) is -0.211. The van der Waals surface area contributed by atoms with Crippen molar-refractivity contribution >= 4 is 11.8 Å². The van der Waals surface area contributed by atoms with E-state index >= 15 is 0 Å². The van der Waals surface area contributed by atoms with Gasteiger partial charge in [0.2, 0.25) is 0 Å². The molecule has 3 aliphatic rings. The largest absolute Gasteiger partial charge is 0.389 e. The number of rotatable bonds is 2. The predicted octanol–water partition coefficient (Wildman–Crippen LogP) is 3.23. The first kappa shape index (κ1) is 13.3. The third-order valence-corrected chi connectivity index (χ3v) is 6.90. The summed E-state index contributed by atoms with van der Waals surface area (Å²) in [4.78, 5) is 0. The second-order valence-corrected chi connectivity index (χ2v) is 8.27. The second kappa shape index (κ2) is 4.39. The molecule has 0 bridgehead atoms. The minimum Gasteiger partial charge on any atom is -0.389 e. The standard InChI is InChI=1S/C15H26O2S/c1-13(4-5-13)14(2,16)12-3-8-17-15(11-12)6-9-18-10-7-15/h12,16H,3-11H2,1-2H3. The van der Waals surface area contributed by atoms with E-state index in [1.165, 1.54) is 37.2 Å². The molecule has 1 N–H and O–H groups in total. The topological polar surface area (TPSA) is 29.5 Å². The maximum absolute atomic E-state index is 11.0. The van der Waals surface area contributed by atoms with Gasteiger partial charge in [0, 0.05) is 6.61 Å². The molecule has 2 atom stereocenters. The normalized spacial score (nSPS) is 37.2. The molecule has 3 rings (SSSR count). The molecule has 2 nitrogen and oxygen atoms in total. The maximum Gasteiger partial charge on any atom is 0.0702 e. The number of aliphatic hydroxyl groups is 1. The molecule has 1 saturated carbocycles. The number of hydrogen-bond donors (Lipinski definition) is 1. The molecule has 0 aromatic rings. The molecule has 2 heterocycles. The van der Waals surface area contributed by atoms with Crippen LogP contribution in [0.2, 0.25) is 0 Å². The average molecular weight is 270 g/mol. The summed E-state index contributed by atoms with van der Waals surface area (Å²) < 4.78 is 6.14. The van der Waals surface area contributed by atoms with Gasteiger partial charge in [-0.2, -0.15) is 11.8 Å². The molecule has 2 saturated heterocycles. The summed E-state index contributed by atoms with van der Waals surface area (Å²) in [6, 6.07) is 0. The Morgan fingerprint density at radius 3 is 2.50 bits per heavy atom. The Morgan fingerprint density at radius 2 is 1.89 bits per heavy atom. The first-order chi connectivity index (χ1) is 8.48. The summed E-state index contributed by atoms with van der Waals surface area (Å²) in [5.74, 6) is 2.89. The van der Waals surface area contributed by atoms with Crippen LogP contribution >= 0.6 is 11.8 Å². The number of thioether (sulfide) groups is 1. The molecule has 0 aromatic heterocycles. The molecular formula is C15H26O2S. The lowest BCUT2D eigenvalue weighted by atomic mass is 9.68. The molecule has 1 spiro atoms. The molecule has 3 heteroatoms. The Bertz CT molecular complexity index is 311. The van der Waals surface area contributed by atoms with Crippen LogP contribution in [0, 0.1) is 11.3 Å². The van der Waals surface area contributed by atoms with E-state index in [9.17, 15) is 5.11 Å². The summed E-state index contributed by atoms with van der Waals surface area (Å²) >= 11 is 2.05. The van der Waals surface area contributed by atoms with E-state index in [1.54, 1.807) is 0 Å². The van der Waals surface area contributed by atoms with Gasteiger partial charge in [-0.1, -0.05) is 6.92 Å². The van der Waals surface area contributed by atoms with Crippen LogP contribution in [0.1, 0.15) is 52.4 Å². The van der Waals surface area contributed by atoms with Gasteiger partial charge >= 0.3 is 0 Å². The van der Waals surface area contributed by atoms with Crippen LogP contribution in [0.3, 0.4) is 0 Å². The Hall–Kier alpha value is 0.270. The van der Waals surface area contributed by atoms with Gasteiger partial charge in [-0.25, -0.2) is 0 Å². The predicted molar refractivity (Wildman–Crippen MR) is 75.9 cm³/mol. The number of hydrogen-bond acceptors (Lipinski definition) is 3. The quantitative estimate of drug-likeness (QED) is 0.835. The van der Waals surface area contributed by atoms with Gasteiger partial charge in [-0.3, -0.25) is 0 Å². The lowest BCUT2D eigenvalue weighted by molar-refractivity contribution is -0.159. The van der Waals surface area contributed by atoms with Crippen molar-refractivity contribution in [2.75, 3.05) is 18.1 Å². The highest BCUT2D eigenvalue weighted by Crippen LogP contribution is 2.59. The zero-order chi connectivity index (χ0) is 12.9. The Balaban J connectivity index is 1.73. The van der Waals surface area contributed by atoms with Crippen molar-refractivity contribution in [2.24, 2.45) is 11.3 Å². The smallest absolute Gasteiger partial charge is 0.0702 e. The fourth-order valence-corrected chi connectivity index (χ4v) is 5.02. The van der Waals surface area contributed by atoms with Gasteiger partial charge in [-0.05, 0) is 68.3 Å². The van der Waals surface area contributed by atoms with Gasteiger partial charge in [0.05, 0.1) is 11.2 Å². The van der Waals surface area contributed by atoms with Crippen LogP contribution in [0.5, 0.6) is 0 Å². The molecule has 0 aromatic carbocycles. The molecular weight excluding hydrogens is 244 g/mol. The fraction of sp³-hybridized carbons (Fsp3) is 1.00. The van der Waals surface area contributed by atoms with E-state index in [0.29, 0.717) is 5.92 Å². The van der Waals surface area contributed by atoms with E-state index in [0.717, 1.165) is 19.4 Å². The first-order valence-corrected chi connectivity index (χ1v) is 8.57. The van der Waals surface area contributed by atoms with Gasteiger partial charge in [0.1, 0.15) is 0 Å². The van der Waals surface area contributed by atoms with Crippen molar-refractivity contribution in [3.63, 3.8) is 0 Å². The highest BCUT2D eigenvalue weighted by molar-refractivity contribution is 7.99. The third kappa shape index (κ3) is 2.12. The summed E-state index contributed by atoms with van der Waals surface area (Å²) in [5, 5.41) is 11.0. The summed E-state index contributed by atoms with van der Waals surface area (Å²) in [7, 11) is 0. The molecule has 0 radical (unpaired) electrons. The maximum atomic E-state index is 11.0. The van der Waals surface area contributed by atoms with E-state index < -0.39 is 5.60 Å². The number of ether oxygens (including phenoxy) is 1. The Labute approximate surface area is 115 Å². The van der Waals surface area contributed by atoms with Crippen molar-refractivity contribution < 1.29 is 9.84 Å². The highest BCUT2D eigenvalue weighted by Gasteiger charge is 2.57. The Morgan fingerprint density at radius 1 is 1.22 bits per heavy atom. The summed E-state index contributed by atoms with van der Waals surface area (Å²) in [6.07, 6.45) is 6.87. The zero-order valence-electron chi connectivity index (χ0n) is 11.7. The van der Waals surface area contributed by atoms with E-state index in [-0.39, 0.29) is 11.0 Å². The van der Waals surface area contributed by atoms with Gasteiger partial charge in [-0.15, -0.1) is 0 Å². The van der Waals surface area contributed by atoms with Crippen molar-refractivity contribution in [1.29, 1.82) is 0 Å². The lowest BCUT2D eigenvalue weighted by Gasteiger charge is -2.49. The molecule has 3 fully saturated rings. The van der Waals surface area contributed by atoms with E-state index in [4.69, 9.17) is 4.74 Å². The molecule has 2 unspecified atom stereocenters. The van der Waals surface area contributed by atoms with Crippen LogP contribution in [0.15, 0.2) is 0 Å². The van der Waals surface area contributed by atoms with Crippen LogP contribution in [-0.4, -0.2) is 34.4 Å². The average Bonchev–Trinajstić information content (AvgIpc) is 3.10. The van der Waals surface area contributed by atoms with Crippen LogP contribution in [0.25, 0.3) is 0 Å². The van der Waals surface area contributed by atoms with Crippen molar-refractivity contribution in [3.05, 3.63) is 0 Å². The highest BCUT2D eigenvalue weighted by atomic mass is 32.2. The molecule has 1 aliphatic carbocycles. The first-order valence-electron chi connectivity index (χ1n) is 7.42. The Kier molecular flexibility index (Phi) is 3.23. The van der Waals surface area contributed by atoms with E-state index in [2.05, 4.69) is 13.8 Å². The molecule has 104 valence electrons. The summed E-state index contributed by atoms with van der Waals surface area (Å²) in [6.45, 7) is 5.19. The SMILES string of the molecule is CC1(C(C)(O)C2CCOC3(CCSCC3)C2)CC1. The second-order valence-electron chi connectivity index (χ2n) is 7.04. The van der Waals surface area contributed by atoms with E-state index in [1.807, 2.05) is 11.8 Å². The fourth-order valence-electron chi connectivity index (χ4n) is 3.79. The van der Waals surface area contributed by atoms with Crippen molar-refractivity contribution in [1.82, 2.24) is 0 Å². The molecule has 0 amide bonds. The van der Waals surface area contributed by atoms with Crippen molar-refractivity contribution in [2.45, 2.75) is 63.6 Å². The monoisotopic (exact) mass is 270 g/mol. The van der Waals surface area contributed by atoms with Crippen molar-refractivity contribution in [3.8, 4) is 0 Å². The van der Waals surface area contributed by atoms with Crippen LogP contribution in [0.4, 0.5) is 0 Å². The molecule has 18 heavy (non-hydrogen) atoms. The zero-order valence-corrected chi connectivity index (χ0v) is 12.5.